The van der Waals surface area contributed by atoms with Crippen molar-refractivity contribution in [3.8, 4) is 11.4 Å². The summed E-state index contributed by atoms with van der Waals surface area (Å²) in [7, 11) is -3.26. The van der Waals surface area contributed by atoms with Crippen molar-refractivity contribution in [2.75, 3.05) is 6.26 Å². The van der Waals surface area contributed by atoms with Crippen molar-refractivity contribution < 1.29 is 8.42 Å². The third-order valence-electron chi connectivity index (χ3n) is 3.42. The Labute approximate surface area is 125 Å². The summed E-state index contributed by atoms with van der Waals surface area (Å²) < 4.78 is 24.9. The second-order valence-electron chi connectivity index (χ2n) is 4.98. The van der Waals surface area contributed by atoms with Crippen LogP contribution < -0.4 is 0 Å². The number of aromatic amines is 1. The highest BCUT2D eigenvalue weighted by Gasteiger charge is 2.14. The SMILES string of the molecule is CS(=O)(=O)c1ccc2[nH]c(-c3cnn4cccnc34)nc2c1. The zero-order valence-electron chi connectivity index (χ0n) is 11.6. The van der Waals surface area contributed by atoms with Crippen LogP contribution in [-0.2, 0) is 9.84 Å². The van der Waals surface area contributed by atoms with Gasteiger partial charge in [-0.3, -0.25) is 0 Å². The van der Waals surface area contributed by atoms with Crippen LogP contribution in [0.4, 0.5) is 0 Å². The Morgan fingerprint density at radius 2 is 2.14 bits per heavy atom. The van der Waals surface area contributed by atoms with Crippen LogP contribution in [0.5, 0.6) is 0 Å². The Balaban J connectivity index is 1.93. The molecule has 0 saturated heterocycles. The Hall–Kier alpha value is -2.74. The van der Waals surface area contributed by atoms with Gasteiger partial charge < -0.3 is 4.98 Å². The van der Waals surface area contributed by atoms with Gasteiger partial charge in [-0.2, -0.15) is 5.10 Å². The molecule has 0 unspecified atom stereocenters. The molecule has 0 bridgehead atoms. The summed E-state index contributed by atoms with van der Waals surface area (Å²) in [6.45, 7) is 0. The lowest BCUT2D eigenvalue weighted by Crippen LogP contribution is -1.96. The Bertz CT molecular complexity index is 1110. The summed E-state index contributed by atoms with van der Waals surface area (Å²) in [5.41, 5.74) is 2.80. The van der Waals surface area contributed by atoms with E-state index in [4.69, 9.17) is 0 Å². The van der Waals surface area contributed by atoms with Crippen molar-refractivity contribution in [3.63, 3.8) is 0 Å². The molecule has 0 amide bonds. The van der Waals surface area contributed by atoms with Gasteiger partial charge in [-0.15, -0.1) is 0 Å². The third kappa shape index (κ3) is 1.96. The average Bonchev–Trinajstić information content (AvgIpc) is 3.08. The number of hydrogen-bond donors (Lipinski definition) is 1. The summed E-state index contributed by atoms with van der Waals surface area (Å²) in [6.07, 6.45) is 6.34. The predicted molar refractivity (Wildman–Crippen MR) is 81.2 cm³/mol. The molecule has 0 saturated carbocycles. The van der Waals surface area contributed by atoms with Gasteiger partial charge in [0.2, 0.25) is 0 Å². The van der Waals surface area contributed by atoms with Crippen molar-refractivity contribution >= 4 is 26.5 Å². The topological polar surface area (TPSA) is 93.0 Å². The van der Waals surface area contributed by atoms with Crippen LogP contribution in [0.1, 0.15) is 0 Å². The van der Waals surface area contributed by atoms with Gasteiger partial charge in [0, 0.05) is 18.6 Å². The maximum absolute atomic E-state index is 11.6. The zero-order chi connectivity index (χ0) is 15.3. The molecular weight excluding hydrogens is 302 g/mol. The monoisotopic (exact) mass is 313 g/mol. The number of nitrogens with zero attached hydrogens (tertiary/aromatic N) is 4. The minimum atomic E-state index is -3.26. The maximum Gasteiger partial charge on any atom is 0.175 e. The van der Waals surface area contributed by atoms with E-state index < -0.39 is 9.84 Å². The van der Waals surface area contributed by atoms with Crippen LogP contribution >= 0.6 is 0 Å². The third-order valence-corrected chi connectivity index (χ3v) is 4.53. The quantitative estimate of drug-likeness (QED) is 0.607. The van der Waals surface area contributed by atoms with Gasteiger partial charge in [0.15, 0.2) is 15.5 Å². The first kappa shape index (κ1) is 13.0. The van der Waals surface area contributed by atoms with Gasteiger partial charge >= 0.3 is 0 Å². The highest BCUT2D eigenvalue weighted by Crippen LogP contribution is 2.24. The van der Waals surface area contributed by atoms with Crippen molar-refractivity contribution in [2.45, 2.75) is 4.90 Å². The molecule has 4 aromatic rings. The number of nitrogens with one attached hydrogen (secondary N) is 1. The zero-order valence-corrected chi connectivity index (χ0v) is 12.4. The van der Waals surface area contributed by atoms with E-state index in [2.05, 4.69) is 20.1 Å². The summed E-state index contributed by atoms with van der Waals surface area (Å²) in [5, 5.41) is 4.22. The number of fused-ring (bicyclic) bond motifs is 2. The van der Waals surface area contributed by atoms with Crippen LogP contribution in [0.3, 0.4) is 0 Å². The number of H-pyrrole nitrogens is 1. The molecule has 8 heteroatoms. The summed E-state index contributed by atoms with van der Waals surface area (Å²) in [5.74, 6) is 0.606. The lowest BCUT2D eigenvalue weighted by molar-refractivity contribution is 0.602. The van der Waals surface area contributed by atoms with Gasteiger partial charge in [-0.05, 0) is 24.3 Å². The van der Waals surface area contributed by atoms with E-state index in [0.29, 0.717) is 17.0 Å². The van der Waals surface area contributed by atoms with Crippen LogP contribution in [0, 0.1) is 0 Å². The molecule has 0 spiro atoms. The van der Waals surface area contributed by atoms with E-state index in [0.717, 1.165) is 11.1 Å². The van der Waals surface area contributed by atoms with Gasteiger partial charge in [-0.25, -0.2) is 22.9 Å². The van der Waals surface area contributed by atoms with Crippen molar-refractivity contribution in [2.24, 2.45) is 0 Å². The molecule has 0 fully saturated rings. The standard InChI is InChI=1S/C14H11N5O2S/c1-22(20,21)9-3-4-11-12(7-9)18-13(17-11)10-8-16-19-6-2-5-15-14(10)19/h2-8H,1H3,(H,17,18). The fourth-order valence-corrected chi connectivity index (χ4v) is 2.98. The van der Waals surface area contributed by atoms with Crippen LogP contribution in [-0.4, -0.2) is 39.2 Å². The summed E-state index contributed by atoms with van der Waals surface area (Å²) >= 11 is 0. The molecule has 0 aliphatic heterocycles. The number of aromatic nitrogens is 5. The van der Waals surface area contributed by atoms with Crippen molar-refractivity contribution in [1.29, 1.82) is 0 Å². The second kappa shape index (κ2) is 4.38. The molecule has 3 aromatic heterocycles. The number of imidazole rings is 1. The molecule has 1 N–H and O–H groups in total. The van der Waals surface area contributed by atoms with E-state index in [9.17, 15) is 8.42 Å². The minimum absolute atomic E-state index is 0.246. The van der Waals surface area contributed by atoms with Crippen LogP contribution in [0.25, 0.3) is 28.1 Å². The Morgan fingerprint density at radius 3 is 2.95 bits per heavy atom. The normalized spacial score (nSPS) is 12.2. The molecule has 4 rings (SSSR count). The second-order valence-corrected chi connectivity index (χ2v) is 7.00. The number of benzene rings is 1. The molecule has 110 valence electrons. The molecule has 0 aliphatic rings. The number of sulfone groups is 1. The highest BCUT2D eigenvalue weighted by molar-refractivity contribution is 7.90. The molecule has 7 nitrogen and oxygen atoms in total. The minimum Gasteiger partial charge on any atom is -0.338 e. The lowest BCUT2D eigenvalue weighted by atomic mass is 10.3. The first-order valence-corrected chi connectivity index (χ1v) is 8.40. The summed E-state index contributed by atoms with van der Waals surface area (Å²) in [6, 6.07) is 6.62. The molecule has 1 aromatic carbocycles. The molecule has 0 radical (unpaired) electrons. The van der Waals surface area contributed by atoms with E-state index in [1.165, 1.54) is 6.26 Å². The van der Waals surface area contributed by atoms with Gasteiger partial charge in [0.05, 0.1) is 27.7 Å². The molecular formula is C14H11N5O2S. The first-order valence-electron chi connectivity index (χ1n) is 6.51. The fraction of sp³-hybridized carbons (Fsp3) is 0.0714. The van der Waals surface area contributed by atoms with Gasteiger partial charge in [0.25, 0.3) is 0 Å². The van der Waals surface area contributed by atoms with Crippen molar-refractivity contribution in [3.05, 3.63) is 42.9 Å². The lowest BCUT2D eigenvalue weighted by Gasteiger charge is -1.96. The van der Waals surface area contributed by atoms with Gasteiger partial charge in [0.1, 0.15) is 5.82 Å². The van der Waals surface area contributed by atoms with Crippen molar-refractivity contribution in [1.82, 2.24) is 24.6 Å². The van der Waals surface area contributed by atoms with E-state index in [-0.39, 0.29) is 4.90 Å². The Kier molecular flexibility index (Phi) is 2.58. The molecule has 3 heterocycles. The average molecular weight is 313 g/mol. The van der Waals surface area contributed by atoms with E-state index >= 15 is 0 Å². The molecule has 22 heavy (non-hydrogen) atoms. The smallest absolute Gasteiger partial charge is 0.175 e. The maximum atomic E-state index is 11.6. The largest absolute Gasteiger partial charge is 0.338 e. The molecule has 0 aliphatic carbocycles. The first-order chi connectivity index (χ1) is 10.5. The van der Waals surface area contributed by atoms with Crippen LogP contribution in [0.2, 0.25) is 0 Å². The van der Waals surface area contributed by atoms with Crippen LogP contribution in [0.15, 0.2) is 47.8 Å². The fourth-order valence-electron chi connectivity index (χ4n) is 2.34. The van der Waals surface area contributed by atoms with E-state index in [1.807, 2.05) is 0 Å². The van der Waals surface area contributed by atoms with E-state index in [1.54, 1.807) is 47.4 Å². The highest BCUT2D eigenvalue weighted by atomic mass is 32.2. The Morgan fingerprint density at radius 1 is 1.27 bits per heavy atom. The summed E-state index contributed by atoms with van der Waals surface area (Å²) in [4.78, 5) is 12.2. The number of rotatable bonds is 2. The predicted octanol–water partition coefficient (Wildman–Crippen LogP) is 1.68. The van der Waals surface area contributed by atoms with Gasteiger partial charge in [-0.1, -0.05) is 0 Å². The number of hydrogen-bond acceptors (Lipinski definition) is 5. The molecule has 0 atom stereocenters.